The molecule has 4 rings (SSSR count). The lowest BCUT2D eigenvalue weighted by Crippen LogP contribution is -2.16. The molecular formula is C18H14O2S2. The van der Waals surface area contributed by atoms with Gasteiger partial charge in [-0.1, -0.05) is 54.2 Å². The molecule has 0 saturated heterocycles. The van der Waals surface area contributed by atoms with E-state index in [1.54, 1.807) is 11.3 Å². The lowest BCUT2D eigenvalue weighted by molar-refractivity contribution is -0.137. The highest BCUT2D eigenvalue weighted by molar-refractivity contribution is 8.03. The van der Waals surface area contributed by atoms with Crippen molar-refractivity contribution in [1.29, 1.82) is 0 Å². The fraction of sp³-hybridized carbons (Fsp3) is 0.167. The SMILES string of the molecule is O=C(O)C1(Sc2ccc(-c3cccc4ccccc34)s2)CC1. The molecule has 4 heteroatoms. The van der Waals surface area contributed by atoms with Crippen LogP contribution in [-0.2, 0) is 4.79 Å². The van der Waals surface area contributed by atoms with E-state index in [2.05, 4.69) is 48.5 Å². The summed E-state index contributed by atoms with van der Waals surface area (Å²) in [6, 6.07) is 18.8. The molecule has 22 heavy (non-hydrogen) atoms. The first-order valence-electron chi connectivity index (χ1n) is 7.18. The molecule has 1 N–H and O–H groups in total. The Morgan fingerprint density at radius 3 is 2.59 bits per heavy atom. The maximum absolute atomic E-state index is 11.3. The minimum Gasteiger partial charge on any atom is -0.480 e. The molecular weight excluding hydrogens is 312 g/mol. The maximum Gasteiger partial charge on any atom is 0.320 e. The molecule has 0 radical (unpaired) electrons. The van der Waals surface area contributed by atoms with E-state index in [-0.39, 0.29) is 0 Å². The Bertz CT molecular complexity index is 857. The van der Waals surface area contributed by atoms with Crippen molar-refractivity contribution in [2.75, 3.05) is 0 Å². The van der Waals surface area contributed by atoms with E-state index >= 15 is 0 Å². The number of benzene rings is 2. The second-order valence-electron chi connectivity index (χ2n) is 5.55. The third-order valence-corrected chi connectivity index (χ3v) is 6.75. The van der Waals surface area contributed by atoms with Crippen LogP contribution in [0.5, 0.6) is 0 Å². The van der Waals surface area contributed by atoms with Crippen molar-refractivity contribution in [2.45, 2.75) is 21.8 Å². The fourth-order valence-corrected chi connectivity index (χ4v) is 5.23. The van der Waals surface area contributed by atoms with Gasteiger partial charge in [0, 0.05) is 4.88 Å². The van der Waals surface area contributed by atoms with Crippen LogP contribution >= 0.6 is 23.1 Å². The Morgan fingerprint density at radius 2 is 1.82 bits per heavy atom. The molecule has 110 valence electrons. The molecule has 1 aliphatic rings. The van der Waals surface area contributed by atoms with Gasteiger partial charge in [-0.3, -0.25) is 4.79 Å². The van der Waals surface area contributed by atoms with Crippen molar-refractivity contribution in [1.82, 2.24) is 0 Å². The van der Waals surface area contributed by atoms with Gasteiger partial charge in [0.15, 0.2) is 0 Å². The van der Waals surface area contributed by atoms with E-state index in [0.717, 1.165) is 17.1 Å². The highest BCUT2D eigenvalue weighted by Crippen LogP contribution is 2.54. The topological polar surface area (TPSA) is 37.3 Å². The molecule has 0 bridgehead atoms. The number of hydrogen-bond donors (Lipinski definition) is 1. The zero-order valence-corrected chi connectivity index (χ0v) is 13.4. The number of carboxylic acids is 1. The van der Waals surface area contributed by atoms with Gasteiger partial charge < -0.3 is 5.11 Å². The van der Waals surface area contributed by atoms with E-state index in [1.807, 2.05) is 6.07 Å². The number of fused-ring (bicyclic) bond motifs is 1. The average molecular weight is 326 g/mol. The third-order valence-electron chi connectivity index (χ3n) is 4.03. The number of carbonyl (C=O) groups is 1. The minimum atomic E-state index is -0.683. The lowest BCUT2D eigenvalue weighted by atomic mass is 10.0. The molecule has 2 nitrogen and oxygen atoms in total. The van der Waals surface area contributed by atoms with Crippen molar-refractivity contribution in [3.8, 4) is 10.4 Å². The summed E-state index contributed by atoms with van der Waals surface area (Å²) < 4.78 is 0.517. The van der Waals surface area contributed by atoms with Crippen LogP contribution in [0.4, 0.5) is 0 Å². The summed E-state index contributed by atoms with van der Waals surface area (Å²) in [5.74, 6) is -0.683. The molecule has 1 aliphatic carbocycles. The molecule has 0 atom stereocenters. The Morgan fingerprint density at radius 1 is 1.05 bits per heavy atom. The predicted octanol–water partition coefficient (Wildman–Crippen LogP) is 5.28. The number of thiophene rings is 1. The Balaban J connectivity index is 1.70. The molecule has 1 saturated carbocycles. The van der Waals surface area contributed by atoms with Gasteiger partial charge in [-0.2, -0.15) is 0 Å². The van der Waals surface area contributed by atoms with Gasteiger partial charge in [0.1, 0.15) is 4.75 Å². The van der Waals surface area contributed by atoms with E-state index in [0.29, 0.717) is 0 Å². The largest absolute Gasteiger partial charge is 0.480 e. The standard InChI is InChI=1S/C18H14O2S2/c19-17(20)18(10-11-18)22-16-9-8-15(21-16)14-7-3-5-12-4-1-2-6-13(12)14/h1-9H,10-11H2,(H,19,20). The van der Waals surface area contributed by atoms with Crippen LogP contribution in [0.2, 0.25) is 0 Å². The summed E-state index contributed by atoms with van der Waals surface area (Å²) in [5, 5.41) is 11.8. The second-order valence-corrected chi connectivity index (χ2v) is 8.31. The molecule has 0 aliphatic heterocycles. The first-order chi connectivity index (χ1) is 10.7. The van der Waals surface area contributed by atoms with Gasteiger partial charge in [0.05, 0.1) is 4.21 Å². The summed E-state index contributed by atoms with van der Waals surface area (Å²) in [6.07, 6.45) is 1.54. The third kappa shape index (κ3) is 2.32. The van der Waals surface area contributed by atoms with E-state index < -0.39 is 10.7 Å². The zero-order valence-electron chi connectivity index (χ0n) is 11.8. The minimum absolute atomic E-state index is 0.569. The van der Waals surface area contributed by atoms with Gasteiger partial charge >= 0.3 is 5.97 Å². The van der Waals surface area contributed by atoms with Crippen molar-refractivity contribution >= 4 is 39.8 Å². The molecule has 0 unspecified atom stereocenters. The van der Waals surface area contributed by atoms with Gasteiger partial charge in [-0.15, -0.1) is 11.3 Å². The van der Waals surface area contributed by atoms with Crippen LogP contribution in [0.1, 0.15) is 12.8 Å². The summed E-state index contributed by atoms with van der Waals surface area (Å²) in [7, 11) is 0. The summed E-state index contributed by atoms with van der Waals surface area (Å²) in [5.41, 5.74) is 1.22. The first-order valence-corrected chi connectivity index (χ1v) is 8.82. The van der Waals surface area contributed by atoms with Gasteiger partial charge in [0.2, 0.25) is 0 Å². The van der Waals surface area contributed by atoms with Gasteiger partial charge in [-0.25, -0.2) is 0 Å². The summed E-state index contributed by atoms with van der Waals surface area (Å²) in [4.78, 5) is 12.5. The Hall–Kier alpha value is -1.78. The zero-order chi connectivity index (χ0) is 15.2. The average Bonchev–Trinajstić information content (AvgIpc) is 3.17. The maximum atomic E-state index is 11.3. The van der Waals surface area contributed by atoms with Crippen molar-refractivity contribution in [3.05, 3.63) is 54.6 Å². The lowest BCUT2D eigenvalue weighted by Gasteiger charge is -2.06. The highest BCUT2D eigenvalue weighted by atomic mass is 32.2. The van der Waals surface area contributed by atoms with E-state index in [4.69, 9.17) is 0 Å². The Kier molecular flexibility index (Phi) is 3.24. The van der Waals surface area contributed by atoms with Crippen LogP contribution < -0.4 is 0 Å². The second kappa shape index (κ2) is 5.14. The van der Waals surface area contributed by atoms with E-state index in [1.165, 1.54) is 33.0 Å². The van der Waals surface area contributed by atoms with Gasteiger partial charge in [-0.05, 0) is 41.3 Å². The number of hydrogen-bond acceptors (Lipinski definition) is 3. The normalized spacial score (nSPS) is 15.8. The molecule has 1 aromatic heterocycles. The predicted molar refractivity (Wildman–Crippen MR) is 92.7 cm³/mol. The molecule has 3 aromatic rings. The number of carboxylic acid groups (broad SMARTS) is 1. The Labute approximate surface area is 136 Å². The van der Waals surface area contributed by atoms with Crippen LogP contribution in [0, 0.1) is 0 Å². The van der Waals surface area contributed by atoms with E-state index in [9.17, 15) is 9.90 Å². The molecule has 0 spiro atoms. The monoisotopic (exact) mass is 326 g/mol. The fourth-order valence-electron chi connectivity index (χ4n) is 2.63. The molecule has 2 aromatic carbocycles. The molecule has 1 fully saturated rings. The highest BCUT2D eigenvalue weighted by Gasteiger charge is 2.51. The molecule has 1 heterocycles. The van der Waals surface area contributed by atoms with Crippen molar-refractivity contribution in [2.24, 2.45) is 0 Å². The number of rotatable bonds is 4. The van der Waals surface area contributed by atoms with Crippen molar-refractivity contribution < 1.29 is 9.90 Å². The quantitative estimate of drug-likeness (QED) is 0.709. The van der Waals surface area contributed by atoms with Crippen LogP contribution in [-0.4, -0.2) is 15.8 Å². The number of thioether (sulfide) groups is 1. The summed E-state index contributed by atoms with van der Waals surface area (Å²) >= 11 is 3.19. The van der Waals surface area contributed by atoms with Gasteiger partial charge in [0.25, 0.3) is 0 Å². The van der Waals surface area contributed by atoms with Crippen LogP contribution in [0.25, 0.3) is 21.2 Å². The summed E-state index contributed by atoms with van der Waals surface area (Å²) in [6.45, 7) is 0. The number of aliphatic carboxylic acids is 1. The van der Waals surface area contributed by atoms with Crippen LogP contribution in [0.3, 0.4) is 0 Å². The van der Waals surface area contributed by atoms with Crippen molar-refractivity contribution in [3.63, 3.8) is 0 Å². The smallest absolute Gasteiger partial charge is 0.320 e. The first kappa shape index (κ1) is 13.9. The van der Waals surface area contributed by atoms with Crippen LogP contribution in [0.15, 0.2) is 58.8 Å². The molecule has 0 amide bonds.